The zero-order valence-corrected chi connectivity index (χ0v) is 15.4. The maximum atomic E-state index is 11.9. The van der Waals surface area contributed by atoms with Crippen LogP contribution in [-0.2, 0) is 14.3 Å². The van der Waals surface area contributed by atoms with Gasteiger partial charge in [-0.3, -0.25) is 9.78 Å². The van der Waals surface area contributed by atoms with E-state index in [4.69, 9.17) is 0 Å². The summed E-state index contributed by atoms with van der Waals surface area (Å²) in [5.74, 6) is -0.586. The van der Waals surface area contributed by atoms with E-state index in [0.717, 1.165) is 5.56 Å². The number of anilines is 1. The minimum atomic E-state index is -0.546. The summed E-state index contributed by atoms with van der Waals surface area (Å²) in [7, 11) is 2.60. The van der Waals surface area contributed by atoms with E-state index in [9.17, 15) is 14.4 Å². The molecule has 2 aromatic rings. The number of hydrogen-bond donors (Lipinski definition) is 1. The fraction of sp³-hybridized carbons (Fsp3) is 0.263. The lowest BCUT2D eigenvalue weighted by Crippen LogP contribution is -2.37. The van der Waals surface area contributed by atoms with Gasteiger partial charge in [-0.15, -0.1) is 0 Å². The zero-order valence-electron chi connectivity index (χ0n) is 15.4. The smallest absolute Gasteiger partial charge is 0.406 e. The number of esters is 1. The number of pyridine rings is 1. The highest BCUT2D eigenvalue weighted by Gasteiger charge is 2.12. The van der Waals surface area contributed by atoms with Crippen molar-refractivity contribution < 1.29 is 23.9 Å². The standard InChI is InChI=1S/C19H21N3O5/c1-13(23)22(11-10-20-19(25)27-3)16-7-4-14(5-8-16)17-9-6-15(12-21-17)18(24)26-2/h4-9,12H,10-11H2,1-3H3,(H,20,25). The van der Waals surface area contributed by atoms with Crippen LogP contribution < -0.4 is 10.2 Å². The normalized spacial score (nSPS) is 10.0. The number of carbonyl (C=O) groups excluding carboxylic acids is 3. The molecule has 0 saturated heterocycles. The minimum absolute atomic E-state index is 0.144. The molecule has 142 valence electrons. The minimum Gasteiger partial charge on any atom is -0.465 e. The van der Waals surface area contributed by atoms with Gasteiger partial charge >= 0.3 is 12.1 Å². The molecule has 1 aromatic heterocycles. The van der Waals surface area contributed by atoms with Gasteiger partial charge in [-0.1, -0.05) is 12.1 Å². The van der Waals surface area contributed by atoms with Crippen LogP contribution in [0.5, 0.6) is 0 Å². The van der Waals surface area contributed by atoms with Crippen molar-refractivity contribution in [3.8, 4) is 11.3 Å². The number of ether oxygens (including phenoxy) is 2. The number of benzene rings is 1. The third-order valence-electron chi connectivity index (χ3n) is 3.83. The summed E-state index contributed by atoms with van der Waals surface area (Å²) in [6.07, 6.45) is 0.908. The predicted octanol–water partition coefficient (Wildman–Crippen LogP) is 2.24. The van der Waals surface area contributed by atoms with Crippen LogP contribution in [-0.4, -0.2) is 50.3 Å². The first-order valence-electron chi connectivity index (χ1n) is 8.21. The summed E-state index contributed by atoms with van der Waals surface area (Å²) >= 11 is 0. The molecule has 8 heteroatoms. The third kappa shape index (κ3) is 5.27. The van der Waals surface area contributed by atoms with E-state index in [0.29, 0.717) is 23.5 Å². The Bertz CT molecular complexity index is 803. The van der Waals surface area contributed by atoms with Crippen molar-refractivity contribution in [1.82, 2.24) is 10.3 Å². The van der Waals surface area contributed by atoms with E-state index in [1.165, 1.54) is 27.3 Å². The molecule has 0 aliphatic carbocycles. The van der Waals surface area contributed by atoms with Gasteiger partial charge < -0.3 is 19.7 Å². The Morgan fingerprint density at radius 1 is 1.04 bits per heavy atom. The second-order valence-corrected chi connectivity index (χ2v) is 5.56. The van der Waals surface area contributed by atoms with E-state index in [2.05, 4.69) is 19.8 Å². The van der Waals surface area contributed by atoms with Gasteiger partial charge in [0.2, 0.25) is 5.91 Å². The molecule has 0 aliphatic rings. The molecular weight excluding hydrogens is 350 g/mol. The predicted molar refractivity (Wildman–Crippen MR) is 99.4 cm³/mol. The van der Waals surface area contributed by atoms with E-state index < -0.39 is 12.1 Å². The van der Waals surface area contributed by atoms with Crippen molar-refractivity contribution >= 4 is 23.7 Å². The molecule has 2 rings (SSSR count). The van der Waals surface area contributed by atoms with Crippen molar-refractivity contribution in [3.63, 3.8) is 0 Å². The lowest BCUT2D eigenvalue weighted by atomic mass is 10.1. The van der Waals surface area contributed by atoms with E-state index in [1.807, 2.05) is 12.1 Å². The summed E-state index contributed by atoms with van der Waals surface area (Å²) in [5.41, 5.74) is 2.60. The van der Waals surface area contributed by atoms with Gasteiger partial charge in [0, 0.05) is 37.5 Å². The van der Waals surface area contributed by atoms with Crippen molar-refractivity contribution in [2.24, 2.45) is 0 Å². The molecule has 1 N–H and O–H groups in total. The van der Waals surface area contributed by atoms with Gasteiger partial charge in [0.15, 0.2) is 0 Å². The molecule has 1 aromatic carbocycles. The van der Waals surface area contributed by atoms with E-state index in [-0.39, 0.29) is 12.5 Å². The Balaban J connectivity index is 2.10. The van der Waals surface area contributed by atoms with Gasteiger partial charge in [-0.2, -0.15) is 0 Å². The summed E-state index contributed by atoms with van der Waals surface area (Å²) in [4.78, 5) is 40.3. The summed E-state index contributed by atoms with van der Waals surface area (Å²) < 4.78 is 9.15. The van der Waals surface area contributed by atoms with Crippen molar-refractivity contribution in [2.75, 3.05) is 32.2 Å². The number of alkyl carbamates (subject to hydrolysis) is 1. The van der Waals surface area contributed by atoms with Crippen LogP contribution in [0.25, 0.3) is 11.3 Å². The summed E-state index contributed by atoms with van der Waals surface area (Å²) in [5, 5.41) is 2.54. The fourth-order valence-electron chi connectivity index (χ4n) is 2.43. The average molecular weight is 371 g/mol. The number of methoxy groups -OCH3 is 2. The van der Waals surface area contributed by atoms with Gasteiger partial charge in [-0.25, -0.2) is 9.59 Å². The van der Waals surface area contributed by atoms with Crippen molar-refractivity contribution in [1.29, 1.82) is 0 Å². The van der Waals surface area contributed by atoms with Gasteiger partial charge in [0.05, 0.1) is 25.5 Å². The van der Waals surface area contributed by atoms with Crippen LogP contribution >= 0.6 is 0 Å². The molecule has 27 heavy (non-hydrogen) atoms. The molecule has 0 radical (unpaired) electrons. The molecule has 2 amide bonds. The Morgan fingerprint density at radius 2 is 1.74 bits per heavy atom. The van der Waals surface area contributed by atoms with Crippen LogP contribution in [0.1, 0.15) is 17.3 Å². The topological polar surface area (TPSA) is 97.8 Å². The molecule has 0 bridgehead atoms. The summed E-state index contributed by atoms with van der Waals surface area (Å²) in [6.45, 7) is 2.04. The number of hydrogen-bond acceptors (Lipinski definition) is 6. The zero-order chi connectivity index (χ0) is 19.8. The van der Waals surface area contributed by atoms with Crippen molar-refractivity contribution in [2.45, 2.75) is 6.92 Å². The van der Waals surface area contributed by atoms with Gasteiger partial charge in [-0.05, 0) is 24.3 Å². The van der Waals surface area contributed by atoms with Gasteiger partial charge in [0.25, 0.3) is 0 Å². The monoisotopic (exact) mass is 371 g/mol. The Labute approximate surface area is 157 Å². The largest absolute Gasteiger partial charge is 0.465 e. The molecule has 1 heterocycles. The molecule has 0 fully saturated rings. The molecule has 8 nitrogen and oxygen atoms in total. The number of rotatable bonds is 6. The second-order valence-electron chi connectivity index (χ2n) is 5.56. The molecule has 0 unspecified atom stereocenters. The van der Waals surface area contributed by atoms with Crippen molar-refractivity contribution in [3.05, 3.63) is 48.2 Å². The molecule has 0 spiro atoms. The Kier molecular flexibility index (Phi) is 6.87. The molecule has 0 aliphatic heterocycles. The van der Waals surface area contributed by atoms with Crippen LogP contribution in [0.3, 0.4) is 0 Å². The highest BCUT2D eigenvalue weighted by molar-refractivity contribution is 5.92. The SMILES string of the molecule is COC(=O)NCCN(C(C)=O)c1ccc(-c2ccc(C(=O)OC)cn2)cc1. The van der Waals surface area contributed by atoms with Gasteiger partial charge in [0.1, 0.15) is 0 Å². The lowest BCUT2D eigenvalue weighted by molar-refractivity contribution is -0.116. The Morgan fingerprint density at radius 3 is 2.26 bits per heavy atom. The first-order valence-corrected chi connectivity index (χ1v) is 8.21. The quantitative estimate of drug-likeness (QED) is 0.782. The maximum Gasteiger partial charge on any atom is 0.406 e. The number of nitrogens with one attached hydrogen (secondary N) is 1. The number of nitrogens with zero attached hydrogens (tertiary/aromatic N) is 2. The average Bonchev–Trinajstić information content (AvgIpc) is 2.70. The number of aromatic nitrogens is 1. The van der Waals surface area contributed by atoms with Crippen LogP contribution in [0, 0.1) is 0 Å². The first kappa shape index (κ1) is 19.9. The number of amides is 2. The van der Waals surface area contributed by atoms with E-state index >= 15 is 0 Å². The summed E-state index contributed by atoms with van der Waals surface area (Å²) in [6, 6.07) is 10.6. The third-order valence-corrected chi connectivity index (χ3v) is 3.83. The fourth-order valence-corrected chi connectivity index (χ4v) is 2.43. The first-order chi connectivity index (χ1) is 13.0. The number of carbonyl (C=O) groups is 3. The van der Waals surface area contributed by atoms with Crippen LogP contribution in [0.2, 0.25) is 0 Å². The molecular formula is C19H21N3O5. The van der Waals surface area contributed by atoms with Crippen LogP contribution in [0.4, 0.5) is 10.5 Å². The highest BCUT2D eigenvalue weighted by atomic mass is 16.5. The maximum absolute atomic E-state index is 11.9. The highest BCUT2D eigenvalue weighted by Crippen LogP contribution is 2.22. The van der Waals surface area contributed by atoms with Crippen LogP contribution in [0.15, 0.2) is 42.6 Å². The Hall–Kier alpha value is -3.42. The molecule has 0 atom stereocenters. The second kappa shape index (κ2) is 9.33. The lowest BCUT2D eigenvalue weighted by Gasteiger charge is -2.21. The van der Waals surface area contributed by atoms with E-state index in [1.54, 1.807) is 29.2 Å². The molecule has 0 saturated carbocycles.